The van der Waals surface area contributed by atoms with Crippen LogP contribution in [0.25, 0.3) is 0 Å². The molecule has 0 radical (unpaired) electrons. The van der Waals surface area contributed by atoms with Gasteiger partial charge < -0.3 is 4.90 Å². The highest BCUT2D eigenvalue weighted by molar-refractivity contribution is 5.47. The summed E-state index contributed by atoms with van der Waals surface area (Å²) in [7, 11) is 0. The quantitative estimate of drug-likeness (QED) is 0.637. The monoisotopic (exact) mass is 283 g/mol. The van der Waals surface area contributed by atoms with Crippen LogP contribution in [0.5, 0.6) is 0 Å². The standard InChI is InChI=1S/C16H17N3O2/c1-12-4-6-13(7-5-12)15-3-2-10-18(15)16-9-8-14(11-17-16)19(20)21/h4-9,11,15H,2-3,10H2,1H3/t15-/m0/s1. The molecule has 1 aromatic heterocycles. The van der Waals surface area contributed by atoms with Crippen molar-refractivity contribution in [2.24, 2.45) is 0 Å². The molecule has 5 nitrogen and oxygen atoms in total. The van der Waals surface area contributed by atoms with Crippen LogP contribution in [-0.2, 0) is 0 Å². The van der Waals surface area contributed by atoms with Gasteiger partial charge in [-0.1, -0.05) is 29.8 Å². The Morgan fingerprint density at radius 2 is 2.00 bits per heavy atom. The van der Waals surface area contributed by atoms with Crippen LogP contribution in [0, 0.1) is 17.0 Å². The van der Waals surface area contributed by atoms with E-state index in [0.717, 1.165) is 25.2 Å². The van der Waals surface area contributed by atoms with Crippen molar-refractivity contribution in [3.8, 4) is 0 Å². The largest absolute Gasteiger partial charge is 0.350 e. The third-order valence-corrected chi connectivity index (χ3v) is 3.95. The second kappa shape index (κ2) is 5.52. The van der Waals surface area contributed by atoms with Crippen molar-refractivity contribution in [2.45, 2.75) is 25.8 Å². The van der Waals surface area contributed by atoms with Crippen LogP contribution in [0.2, 0.25) is 0 Å². The summed E-state index contributed by atoms with van der Waals surface area (Å²) in [6.45, 7) is 3.01. The van der Waals surface area contributed by atoms with Crippen molar-refractivity contribution in [1.82, 2.24) is 4.98 Å². The molecule has 5 heteroatoms. The van der Waals surface area contributed by atoms with E-state index in [1.807, 2.05) is 0 Å². The van der Waals surface area contributed by atoms with E-state index in [1.165, 1.54) is 23.4 Å². The predicted molar refractivity (Wildman–Crippen MR) is 81.4 cm³/mol. The zero-order valence-corrected chi connectivity index (χ0v) is 11.9. The maximum Gasteiger partial charge on any atom is 0.287 e. The van der Waals surface area contributed by atoms with E-state index >= 15 is 0 Å². The van der Waals surface area contributed by atoms with Crippen molar-refractivity contribution in [2.75, 3.05) is 11.4 Å². The number of aryl methyl sites for hydroxylation is 1. The summed E-state index contributed by atoms with van der Waals surface area (Å²) in [4.78, 5) is 16.8. The molecule has 108 valence electrons. The molecule has 1 atom stereocenters. The second-order valence-corrected chi connectivity index (χ2v) is 5.39. The number of aromatic nitrogens is 1. The number of hydrogen-bond acceptors (Lipinski definition) is 4. The number of anilines is 1. The Bertz CT molecular complexity index is 638. The number of pyridine rings is 1. The van der Waals surface area contributed by atoms with Crippen LogP contribution >= 0.6 is 0 Å². The summed E-state index contributed by atoms with van der Waals surface area (Å²) in [5.74, 6) is 0.809. The highest BCUT2D eigenvalue weighted by Crippen LogP contribution is 2.35. The lowest BCUT2D eigenvalue weighted by atomic mass is 10.0. The van der Waals surface area contributed by atoms with Gasteiger partial charge >= 0.3 is 0 Å². The van der Waals surface area contributed by atoms with Gasteiger partial charge in [-0.25, -0.2) is 4.98 Å². The van der Waals surface area contributed by atoms with Crippen molar-refractivity contribution in [3.63, 3.8) is 0 Å². The first-order chi connectivity index (χ1) is 10.1. The van der Waals surface area contributed by atoms with Gasteiger partial charge in [0.05, 0.1) is 11.0 Å². The van der Waals surface area contributed by atoms with Gasteiger partial charge in [-0.05, 0) is 31.4 Å². The Labute approximate surface area is 123 Å². The normalized spacial score (nSPS) is 18.0. The van der Waals surface area contributed by atoms with Gasteiger partial charge in [-0.15, -0.1) is 0 Å². The summed E-state index contributed by atoms with van der Waals surface area (Å²) in [5, 5.41) is 10.7. The molecule has 2 heterocycles. The Kier molecular flexibility index (Phi) is 3.56. The minimum atomic E-state index is -0.418. The molecule has 1 saturated heterocycles. The smallest absolute Gasteiger partial charge is 0.287 e. The Morgan fingerprint density at radius 3 is 2.62 bits per heavy atom. The van der Waals surface area contributed by atoms with Gasteiger partial charge in [-0.3, -0.25) is 10.1 Å². The number of benzene rings is 1. The van der Waals surface area contributed by atoms with E-state index in [2.05, 4.69) is 41.1 Å². The molecule has 21 heavy (non-hydrogen) atoms. The lowest BCUT2D eigenvalue weighted by Gasteiger charge is -2.26. The van der Waals surface area contributed by atoms with Crippen LogP contribution in [0.15, 0.2) is 42.6 Å². The fraction of sp³-hybridized carbons (Fsp3) is 0.312. The van der Waals surface area contributed by atoms with E-state index in [0.29, 0.717) is 6.04 Å². The summed E-state index contributed by atoms with van der Waals surface area (Å²) in [6, 6.07) is 12.1. The molecule has 0 aliphatic carbocycles. The molecule has 0 saturated carbocycles. The van der Waals surface area contributed by atoms with E-state index in [1.54, 1.807) is 6.07 Å². The number of nitro groups is 1. The van der Waals surface area contributed by atoms with Gasteiger partial charge in [0.1, 0.15) is 12.0 Å². The maximum atomic E-state index is 10.7. The molecule has 0 spiro atoms. The number of rotatable bonds is 3. The van der Waals surface area contributed by atoms with Crippen molar-refractivity contribution < 1.29 is 4.92 Å². The van der Waals surface area contributed by atoms with Crippen molar-refractivity contribution in [1.29, 1.82) is 0 Å². The summed E-state index contributed by atoms with van der Waals surface area (Å²) in [6.07, 6.45) is 3.53. The molecule has 0 bridgehead atoms. The first-order valence-electron chi connectivity index (χ1n) is 7.09. The molecule has 0 unspecified atom stereocenters. The Balaban J connectivity index is 1.86. The molecule has 1 aromatic carbocycles. The minimum absolute atomic E-state index is 0.0323. The summed E-state index contributed by atoms with van der Waals surface area (Å²) < 4.78 is 0. The molecule has 0 N–H and O–H groups in total. The Morgan fingerprint density at radius 1 is 1.24 bits per heavy atom. The summed E-state index contributed by atoms with van der Waals surface area (Å²) >= 11 is 0. The van der Waals surface area contributed by atoms with Gasteiger partial charge in [0.25, 0.3) is 5.69 Å². The van der Waals surface area contributed by atoms with E-state index in [9.17, 15) is 10.1 Å². The predicted octanol–water partition coefficient (Wildman–Crippen LogP) is 3.64. The SMILES string of the molecule is Cc1ccc([C@@H]2CCCN2c2ccc([N+](=O)[O-])cn2)cc1. The number of nitrogens with zero attached hydrogens (tertiary/aromatic N) is 3. The molecule has 1 aliphatic heterocycles. The summed E-state index contributed by atoms with van der Waals surface area (Å²) in [5.41, 5.74) is 2.56. The maximum absolute atomic E-state index is 10.7. The molecule has 0 amide bonds. The zero-order valence-electron chi connectivity index (χ0n) is 11.9. The minimum Gasteiger partial charge on any atom is -0.350 e. The second-order valence-electron chi connectivity index (χ2n) is 5.39. The molecule has 2 aromatic rings. The van der Waals surface area contributed by atoms with Gasteiger partial charge in [0.15, 0.2) is 0 Å². The molecular formula is C16H17N3O2. The first kappa shape index (κ1) is 13.5. The van der Waals surface area contributed by atoms with E-state index < -0.39 is 4.92 Å². The fourth-order valence-corrected chi connectivity index (χ4v) is 2.83. The molecular weight excluding hydrogens is 266 g/mol. The number of hydrogen-bond donors (Lipinski definition) is 0. The van der Waals surface area contributed by atoms with Crippen LogP contribution in [0.4, 0.5) is 11.5 Å². The Hall–Kier alpha value is -2.43. The molecule has 1 fully saturated rings. The molecule has 1 aliphatic rings. The van der Waals surface area contributed by atoms with Gasteiger partial charge in [-0.2, -0.15) is 0 Å². The van der Waals surface area contributed by atoms with Crippen molar-refractivity contribution in [3.05, 3.63) is 63.8 Å². The van der Waals surface area contributed by atoms with Gasteiger partial charge in [0, 0.05) is 12.6 Å². The lowest BCUT2D eigenvalue weighted by molar-refractivity contribution is -0.385. The average molecular weight is 283 g/mol. The zero-order chi connectivity index (χ0) is 14.8. The van der Waals surface area contributed by atoms with Crippen LogP contribution < -0.4 is 4.90 Å². The fourth-order valence-electron chi connectivity index (χ4n) is 2.83. The van der Waals surface area contributed by atoms with Crippen molar-refractivity contribution >= 4 is 11.5 Å². The van der Waals surface area contributed by atoms with E-state index in [-0.39, 0.29) is 5.69 Å². The highest BCUT2D eigenvalue weighted by atomic mass is 16.6. The van der Waals surface area contributed by atoms with Crippen LogP contribution in [-0.4, -0.2) is 16.5 Å². The highest BCUT2D eigenvalue weighted by Gasteiger charge is 2.27. The van der Waals surface area contributed by atoms with Gasteiger partial charge in [0.2, 0.25) is 0 Å². The third-order valence-electron chi connectivity index (χ3n) is 3.95. The average Bonchev–Trinajstić information content (AvgIpc) is 2.97. The first-order valence-corrected chi connectivity index (χ1v) is 7.09. The molecule has 3 rings (SSSR count). The third kappa shape index (κ3) is 2.72. The topological polar surface area (TPSA) is 59.3 Å². The van der Waals surface area contributed by atoms with Crippen LogP contribution in [0.1, 0.15) is 30.0 Å². The van der Waals surface area contributed by atoms with Crippen LogP contribution in [0.3, 0.4) is 0 Å². The van der Waals surface area contributed by atoms with E-state index in [4.69, 9.17) is 0 Å². The lowest BCUT2D eigenvalue weighted by Crippen LogP contribution is -2.23.